The van der Waals surface area contributed by atoms with Crippen molar-refractivity contribution in [1.82, 2.24) is 25.1 Å². The van der Waals surface area contributed by atoms with Gasteiger partial charge in [-0.25, -0.2) is 9.48 Å². The van der Waals surface area contributed by atoms with Gasteiger partial charge < -0.3 is 4.90 Å². The molecule has 2 amide bonds. The summed E-state index contributed by atoms with van der Waals surface area (Å²) in [5.41, 5.74) is 4.14. The maximum atomic E-state index is 12.4. The van der Waals surface area contributed by atoms with Gasteiger partial charge in [-0.3, -0.25) is 5.32 Å². The van der Waals surface area contributed by atoms with E-state index in [1.807, 2.05) is 4.90 Å². The monoisotopic (exact) mass is 352 g/mol. The predicted octanol–water partition coefficient (Wildman–Crippen LogP) is 3.04. The van der Waals surface area contributed by atoms with Gasteiger partial charge in [0.15, 0.2) is 0 Å². The Hall–Kier alpha value is -2.70. The van der Waals surface area contributed by atoms with Crippen LogP contribution in [0.5, 0.6) is 0 Å². The zero-order chi connectivity index (χ0) is 18.1. The molecular weight excluding hydrogens is 328 g/mol. The number of rotatable bonds is 3. The van der Waals surface area contributed by atoms with Gasteiger partial charge in [-0.1, -0.05) is 47.9 Å². The molecule has 1 aliphatic heterocycles. The van der Waals surface area contributed by atoms with Gasteiger partial charge in [-0.2, -0.15) is 0 Å². The summed E-state index contributed by atoms with van der Waals surface area (Å²) < 4.78 is 1.45. The van der Waals surface area contributed by atoms with Crippen LogP contribution in [0.1, 0.15) is 43.2 Å². The molecule has 2 aromatic rings. The number of hydrogen-bond donors (Lipinski definition) is 1. The fraction of sp³-hybridized carbons (Fsp3) is 0.474. The summed E-state index contributed by atoms with van der Waals surface area (Å²) in [6.45, 7) is 3.58. The number of likely N-dealkylation sites (tertiary alicyclic amines) is 1. The van der Waals surface area contributed by atoms with E-state index in [4.69, 9.17) is 0 Å². The molecule has 0 radical (unpaired) electrons. The third kappa shape index (κ3) is 3.61. The van der Waals surface area contributed by atoms with E-state index in [2.05, 4.69) is 58.1 Å². The van der Waals surface area contributed by atoms with Crippen LogP contribution in [-0.4, -0.2) is 44.2 Å². The van der Waals surface area contributed by atoms with Gasteiger partial charge in [-0.15, -0.1) is 0 Å². The Morgan fingerprint density at radius 3 is 2.88 bits per heavy atom. The zero-order valence-corrected chi connectivity index (χ0v) is 15.2. The second-order valence-corrected chi connectivity index (χ2v) is 7.32. The van der Waals surface area contributed by atoms with Crippen molar-refractivity contribution >= 4 is 18.1 Å². The summed E-state index contributed by atoms with van der Waals surface area (Å²) in [4.78, 5) is 14.3. The van der Waals surface area contributed by atoms with E-state index >= 15 is 0 Å². The van der Waals surface area contributed by atoms with Crippen molar-refractivity contribution in [3.63, 3.8) is 0 Å². The Kier molecular flexibility index (Phi) is 4.44. The summed E-state index contributed by atoms with van der Waals surface area (Å²) in [5.74, 6) is 1.46. The Balaban J connectivity index is 1.40. The van der Waals surface area contributed by atoms with E-state index in [9.17, 15) is 4.79 Å². The molecule has 0 bridgehead atoms. The fourth-order valence-corrected chi connectivity index (χ4v) is 3.49. The number of carbonyl (C=O) groups excluding carboxylic acids is 1. The highest BCUT2D eigenvalue weighted by Gasteiger charge is 2.26. The molecule has 26 heavy (non-hydrogen) atoms. The second kappa shape index (κ2) is 6.90. The molecule has 1 aliphatic carbocycles. The number of aryl methyl sites for hydroxylation is 1. The number of nitrogens with one attached hydrogen (secondary N) is 1. The zero-order valence-electron chi connectivity index (χ0n) is 15.2. The lowest BCUT2D eigenvalue weighted by Crippen LogP contribution is -2.42. The van der Waals surface area contributed by atoms with E-state index in [0.717, 1.165) is 12.3 Å². The summed E-state index contributed by atoms with van der Waals surface area (Å²) in [6, 6.07) is 8.73. The van der Waals surface area contributed by atoms with Crippen molar-refractivity contribution in [3.05, 3.63) is 41.0 Å². The van der Waals surface area contributed by atoms with Crippen LogP contribution in [-0.2, 0) is 7.05 Å². The minimum atomic E-state index is -0.149. The largest absolute Gasteiger partial charge is 0.324 e. The van der Waals surface area contributed by atoms with Gasteiger partial charge in [0, 0.05) is 20.1 Å². The maximum Gasteiger partial charge on any atom is 0.324 e. The molecule has 2 aliphatic rings. The van der Waals surface area contributed by atoms with Crippen LogP contribution in [0.2, 0.25) is 0 Å². The molecule has 4 rings (SSSR count). The highest BCUT2D eigenvalue weighted by Crippen LogP contribution is 2.40. The number of piperidine rings is 1. The normalized spacial score (nSPS) is 21.8. The quantitative estimate of drug-likeness (QED) is 0.921. The van der Waals surface area contributed by atoms with Crippen molar-refractivity contribution in [1.29, 1.82) is 0 Å². The van der Waals surface area contributed by atoms with E-state index in [1.165, 1.54) is 34.2 Å². The lowest BCUT2D eigenvalue weighted by atomic mass is 9.91. The van der Waals surface area contributed by atoms with Gasteiger partial charge in [0.05, 0.1) is 0 Å². The number of nitrogens with zero attached hydrogens (tertiary/aromatic N) is 5. The Bertz CT molecular complexity index is 838. The van der Waals surface area contributed by atoms with Crippen LogP contribution in [0.4, 0.5) is 10.7 Å². The summed E-state index contributed by atoms with van der Waals surface area (Å²) in [5, 5.41) is 13.8. The molecule has 0 spiro atoms. The summed E-state index contributed by atoms with van der Waals surface area (Å²) >= 11 is 0. The van der Waals surface area contributed by atoms with E-state index in [1.54, 1.807) is 7.05 Å². The lowest BCUT2D eigenvalue weighted by molar-refractivity contribution is 0.197. The second-order valence-electron chi connectivity index (χ2n) is 7.32. The first kappa shape index (κ1) is 16.8. The van der Waals surface area contributed by atoms with Crippen LogP contribution in [0.3, 0.4) is 0 Å². The van der Waals surface area contributed by atoms with Crippen molar-refractivity contribution in [3.8, 4) is 0 Å². The Morgan fingerprint density at radius 1 is 1.35 bits per heavy atom. The van der Waals surface area contributed by atoms with Crippen molar-refractivity contribution in [2.24, 2.45) is 13.0 Å². The molecule has 1 unspecified atom stereocenters. The van der Waals surface area contributed by atoms with E-state index in [-0.39, 0.29) is 6.03 Å². The minimum Gasteiger partial charge on any atom is -0.324 e. The summed E-state index contributed by atoms with van der Waals surface area (Å²) in [7, 11) is 1.70. The maximum absolute atomic E-state index is 12.4. The average molecular weight is 352 g/mol. The van der Waals surface area contributed by atoms with E-state index < -0.39 is 0 Å². The van der Waals surface area contributed by atoms with Gasteiger partial charge >= 0.3 is 6.03 Å². The number of anilines is 1. The predicted molar refractivity (Wildman–Crippen MR) is 99.6 cm³/mol. The number of tetrazole rings is 1. The Morgan fingerprint density at radius 2 is 2.19 bits per heavy atom. The smallest absolute Gasteiger partial charge is 0.324 e. The molecule has 136 valence electrons. The molecular formula is C19H24N6O. The molecule has 1 aromatic heterocycles. The molecule has 7 heteroatoms. The number of benzene rings is 1. The lowest BCUT2D eigenvalue weighted by Gasteiger charge is -2.33. The van der Waals surface area contributed by atoms with Crippen LogP contribution in [0.25, 0.3) is 6.08 Å². The molecule has 1 N–H and O–H groups in total. The molecule has 1 aromatic carbocycles. The summed E-state index contributed by atoms with van der Waals surface area (Å²) in [6.07, 6.45) is 5.83. The molecule has 7 nitrogen and oxygen atoms in total. The first-order valence-corrected chi connectivity index (χ1v) is 9.19. The van der Waals surface area contributed by atoms with Crippen LogP contribution in [0, 0.1) is 5.92 Å². The molecule has 2 heterocycles. The van der Waals surface area contributed by atoms with Crippen molar-refractivity contribution in [2.75, 3.05) is 18.4 Å². The fourth-order valence-electron chi connectivity index (χ4n) is 3.49. The number of urea groups is 1. The highest BCUT2D eigenvalue weighted by molar-refractivity contribution is 5.87. The van der Waals surface area contributed by atoms with Gasteiger partial charge in [-0.05, 0) is 52.7 Å². The van der Waals surface area contributed by atoms with E-state index in [0.29, 0.717) is 25.0 Å². The van der Waals surface area contributed by atoms with Crippen LogP contribution in [0.15, 0.2) is 29.8 Å². The molecule has 1 atom stereocenters. The number of aromatic nitrogens is 4. The minimum absolute atomic E-state index is 0.149. The van der Waals surface area contributed by atoms with Crippen molar-refractivity contribution < 1.29 is 4.79 Å². The van der Waals surface area contributed by atoms with Crippen LogP contribution < -0.4 is 5.32 Å². The van der Waals surface area contributed by atoms with Crippen LogP contribution >= 0.6 is 0 Å². The van der Waals surface area contributed by atoms with Gasteiger partial charge in [0.25, 0.3) is 5.95 Å². The highest BCUT2D eigenvalue weighted by atomic mass is 16.2. The first-order chi connectivity index (χ1) is 12.6. The number of hydrogen-bond acceptors (Lipinski definition) is 4. The average Bonchev–Trinajstić information content (AvgIpc) is 3.41. The SMILES string of the molecule is CC1CN(C(=O)Nc2nnnn2C)CC/C1=C\c1cccc(C2CC2)c1. The molecule has 2 fully saturated rings. The molecule has 1 saturated carbocycles. The number of carbonyl (C=O) groups is 1. The topological polar surface area (TPSA) is 75.9 Å². The molecule has 1 saturated heterocycles. The van der Waals surface area contributed by atoms with Gasteiger partial charge in [0.1, 0.15) is 0 Å². The standard InChI is InChI=1S/C19H24N6O/c1-13-12-25(19(26)20-18-21-22-23-24(18)2)9-8-16(13)10-14-4-3-5-17(11-14)15-6-7-15/h3-5,10-11,13,15H,6-9,12H2,1-2H3,(H,20,21,23,26)/b16-10+. The van der Waals surface area contributed by atoms with Gasteiger partial charge in [0.2, 0.25) is 0 Å². The first-order valence-electron chi connectivity index (χ1n) is 9.19. The third-order valence-corrected chi connectivity index (χ3v) is 5.24. The third-order valence-electron chi connectivity index (χ3n) is 5.24. The van der Waals surface area contributed by atoms with Crippen molar-refractivity contribution in [2.45, 2.75) is 32.1 Å². The number of amides is 2. The Labute approximate surface area is 153 Å².